The van der Waals surface area contributed by atoms with Gasteiger partial charge in [0.05, 0.1) is 12.6 Å². The van der Waals surface area contributed by atoms with E-state index in [1.807, 2.05) is 19.9 Å². The van der Waals surface area contributed by atoms with E-state index in [2.05, 4.69) is 20.6 Å². The molecule has 0 radical (unpaired) electrons. The van der Waals surface area contributed by atoms with Crippen molar-refractivity contribution in [2.75, 3.05) is 13.1 Å². The maximum atomic E-state index is 13.3. The molecule has 4 heterocycles. The molecule has 3 amide bonds. The number of nitrogens with two attached hydrogens (primary N) is 2. The summed E-state index contributed by atoms with van der Waals surface area (Å²) >= 11 is 0. The van der Waals surface area contributed by atoms with E-state index in [-0.39, 0.29) is 49.7 Å². The topological polar surface area (TPSA) is 199 Å². The molecule has 4 aliphatic rings. The van der Waals surface area contributed by atoms with Gasteiger partial charge in [-0.2, -0.15) is 0 Å². The molecule has 0 bridgehead atoms. The SMILES string of the molecule is CCc1c(C)cccc1C(=O)NC1CN2C(N)=N[C@@H](CN3C(=O)CCC3=O)[C@@H]3N=C(N)N[C@@]32C1(O)O. The Morgan fingerprint density at radius 1 is 1.22 bits per heavy atom. The number of hydrogen-bond donors (Lipinski definition) is 6. The van der Waals surface area contributed by atoms with Crippen LogP contribution in [0.2, 0.25) is 0 Å². The molecule has 1 unspecified atom stereocenters. The number of aliphatic hydroxyl groups is 2. The molecule has 1 aromatic carbocycles. The molecule has 5 rings (SSSR count). The van der Waals surface area contributed by atoms with Crippen LogP contribution >= 0.6 is 0 Å². The number of nitrogens with zero attached hydrogens (tertiary/aromatic N) is 4. The molecule has 2 saturated heterocycles. The number of likely N-dealkylation sites (tertiary alicyclic amines) is 1. The van der Waals surface area contributed by atoms with Gasteiger partial charge in [0.2, 0.25) is 17.6 Å². The Bertz CT molecular complexity index is 1200. The Morgan fingerprint density at radius 2 is 1.92 bits per heavy atom. The van der Waals surface area contributed by atoms with E-state index in [4.69, 9.17) is 11.5 Å². The van der Waals surface area contributed by atoms with Crippen molar-refractivity contribution < 1.29 is 24.6 Å². The van der Waals surface area contributed by atoms with Crippen LogP contribution in [0.15, 0.2) is 28.2 Å². The van der Waals surface area contributed by atoms with Crippen molar-refractivity contribution in [2.24, 2.45) is 21.5 Å². The van der Waals surface area contributed by atoms with Crippen molar-refractivity contribution in [1.82, 2.24) is 20.4 Å². The van der Waals surface area contributed by atoms with E-state index in [1.165, 1.54) is 4.90 Å². The Hall–Kier alpha value is -3.71. The Morgan fingerprint density at radius 3 is 2.58 bits per heavy atom. The Labute approximate surface area is 207 Å². The summed E-state index contributed by atoms with van der Waals surface area (Å²) < 4.78 is 0. The number of imide groups is 1. The predicted molar refractivity (Wildman–Crippen MR) is 128 cm³/mol. The lowest BCUT2D eigenvalue weighted by molar-refractivity contribution is -0.230. The Balaban J connectivity index is 1.47. The maximum absolute atomic E-state index is 13.3. The zero-order valence-corrected chi connectivity index (χ0v) is 20.1. The summed E-state index contributed by atoms with van der Waals surface area (Å²) in [5, 5.41) is 28.7. The third-order valence-corrected chi connectivity index (χ3v) is 7.64. The number of nitrogens with one attached hydrogen (secondary N) is 2. The van der Waals surface area contributed by atoms with E-state index in [1.54, 1.807) is 12.1 Å². The van der Waals surface area contributed by atoms with Crippen molar-refractivity contribution in [3.8, 4) is 0 Å². The van der Waals surface area contributed by atoms with Gasteiger partial charge in [-0.3, -0.25) is 19.3 Å². The van der Waals surface area contributed by atoms with E-state index in [9.17, 15) is 24.6 Å². The summed E-state index contributed by atoms with van der Waals surface area (Å²) in [7, 11) is 0. The van der Waals surface area contributed by atoms with Crippen LogP contribution in [0, 0.1) is 6.92 Å². The largest absolute Gasteiger partial charge is 0.370 e. The highest BCUT2D eigenvalue weighted by molar-refractivity contribution is 6.02. The molecule has 4 aliphatic heterocycles. The van der Waals surface area contributed by atoms with Crippen LogP contribution in [0.4, 0.5) is 0 Å². The van der Waals surface area contributed by atoms with Crippen LogP contribution in [-0.4, -0.2) is 92.3 Å². The minimum absolute atomic E-state index is 0.0539. The molecule has 0 aromatic heterocycles. The Kier molecular flexibility index (Phi) is 5.45. The van der Waals surface area contributed by atoms with Gasteiger partial charge >= 0.3 is 0 Å². The minimum Gasteiger partial charge on any atom is -0.370 e. The predicted octanol–water partition coefficient (Wildman–Crippen LogP) is -2.52. The van der Waals surface area contributed by atoms with Gasteiger partial charge in [0, 0.05) is 24.9 Å². The van der Waals surface area contributed by atoms with Crippen LogP contribution in [0.25, 0.3) is 0 Å². The zero-order chi connectivity index (χ0) is 26.0. The first-order valence-electron chi connectivity index (χ1n) is 11.9. The molecule has 13 nitrogen and oxygen atoms in total. The molecule has 0 saturated carbocycles. The second-order valence-electron chi connectivity index (χ2n) is 9.62. The number of rotatable bonds is 5. The molecule has 1 aromatic rings. The second-order valence-corrected chi connectivity index (χ2v) is 9.62. The van der Waals surface area contributed by atoms with Crippen molar-refractivity contribution in [3.05, 3.63) is 34.9 Å². The monoisotopic (exact) mass is 498 g/mol. The second kappa shape index (κ2) is 8.17. The molecule has 8 N–H and O–H groups in total. The van der Waals surface area contributed by atoms with Gasteiger partial charge in [-0.1, -0.05) is 19.1 Å². The van der Waals surface area contributed by atoms with Crippen LogP contribution < -0.4 is 22.1 Å². The fourth-order valence-electron chi connectivity index (χ4n) is 5.87. The normalized spacial score (nSPS) is 30.5. The summed E-state index contributed by atoms with van der Waals surface area (Å²) in [6.45, 7) is 3.62. The number of hydrogen-bond acceptors (Lipinski definition) is 11. The number of benzene rings is 1. The number of aryl methyl sites for hydroxylation is 1. The molecule has 1 spiro atoms. The van der Waals surface area contributed by atoms with Gasteiger partial charge in [-0.05, 0) is 30.5 Å². The third kappa shape index (κ3) is 3.26. The third-order valence-electron chi connectivity index (χ3n) is 7.64. The lowest BCUT2D eigenvalue weighted by Gasteiger charge is -2.49. The van der Waals surface area contributed by atoms with Gasteiger partial charge in [0.25, 0.3) is 5.91 Å². The first kappa shape index (κ1) is 24.0. The standard InChI is InChI=1S/C23H30N8O5/c1-3-12-11(2)5-4-6-13(12)19(34)27-15-10-31-21(25)26-14(9-30-16(32)7-8-17(30)33)18-22(31,23(15,35)36)29-20(24)28-18/h4-6,14-15,18,35-36H,3,7-10H2,1-2H3,(H2,25,26)(H,27,34)(H3,24,28,29)/t14-,15?,18-,22-/m0/s1. The summed E-state index contributed by atoms with van der Waals surface area (Å²) in [4.78, 5) is 49.0. The summed E-state index contributed by atoms with van der Waals surface area (Å²) in [5.74, 6) is -3.88. The summed E-state index contributed by atoms with van der Waals surface area (Å²) in [5.41, 5.74) is 12.7. The van der Waals surface area contributed by atoms with Gasteiger partial charge in [-0.15, -0.1) is 0 Å². The van der Waals surface area contributed by atoms with Crippen LogP contribution in [0.1, 0.15) is 41.3 Å². The van der Waals surface area contributed by atoms with Gasteiger partial charge < -0.3 is 37.2 Å². The average molecular weight is 499 g/mol. The van der Waals surface area contributed by atoms with Crippen molar-refractivity contribution in [2.45, 2.75) is 62.7 Å². The highest BCUT2D eigenvalue weighted by Gasteiger charge is 2.73. The first-order chi connectivity index (χ1) is 17.0. The van der Waals surface area contributed by atoms with Crippen molar-refractivity contribution in [3.63, 3.8) is 0 Å². The molecule has 4 atom stereocenters. The lowest BCUT2D eigenvalue weighted by atomic mass is 9.84. The van der Waals surface area contributed by atoms with Gasteiger partial charge in [0.1, 0.15) is 12.1 Å². The number of aliphatic imine (C=N–C) groups is 2. The van der Waals surface area contributed by atoms with Gasteiger partial charge in [0.15, 0.2) is 17.6 Å². The van der Waals surface area contributed by atoms with E-state index >= 15 is 0 Å². The quantitative estimate of drug-likeness (QED) is 0.187. The zero-order valence-electron chi connectivity index (χ0n) is 20.1. The molecule has 192 valence electrons. The van der Waals surface area contributed by atoms with Crippen molar-refractivity contribution in [1.29, 1.82) is 0 Å². The molecular weight excluding hydrogens is 468 g/mol. The number of amides is 3. The lowest BCUT2D eigenvalue weighted by Crippen LogP contribution is -2.78. The molecule has 2 fully saturated rings. The minimum atomic E-state index is -2.61. The smallest absolute Gasteiger partial charge is 0.252 e. The van der Waals surface area contributed by atoms with E-state index in [0.29, 0.717) is 12.0 Å². The number of carbonyl (C=O) groups excluding carboxylic acids is 3. The van der Waals surface area contributed by atoms with Crippen molar-refractivity contribution >= 4 is 29.6 Å². The first-order valence-corrected chi connectivity index (χ1v) is 11.9. The maximum Gasteiger partial charge on any atom is 0.252 e. The molecular formula is C23H30N8O5. The number of carbonyl (C=O) groups is 3. The average Bonchev–Trinajstić information content (AvgIpc) is 3.41. The highest BCUT2D eigenvalue weighted by atomic mass is 16.5. The van der Waals surface area contributed by atoms with Gasteiger partial charge in [-0.25, -0.2) is 9.98 Å². The number of guanidine groups is 2. The fourth-order valence-corrected chi connectivity index (χ4v) is 5.87. The van der Waals surface area contributed by atoms with E-state index in [0.717, 1.165) is 16.0 Å². The molecule has 13 heteroatoms. The van der Waals surface area contributed by atoms with E-state index < -0.39 is 35.5 Å². The summed E-state index contributed by atoms with van der Waals surface area (Å²) in [6.07, 6.45) is 0.836. The van der Waals surface area contributed by atoms with Crippen LogP contribution in [0.5, 0.6) is 0 Å². The van der Waals surface area contributed by atoms with Crippen LogP contribution in [-0.2, 0) is 16.0 Å². The highest BCUT2D eigenvalue weighted by Crippen LogP contribution is 2.45. The molecule has 36 heavy (non-hydrogen) atoms. The van der Waals surface area contributed by atoms with Crippen LogP contribution in [0.3, 0.4) is 0 Å². The summed E-state index contributed by atoms with van der Waals surface area (Å²) in [6, 6.07) is 2.28. The molecule has 0 aliphatic carbocycles. The fraction of sp³-hybridized carbons (Fsp3) is 0.522.